The van der Waals surface area contributed by atoms with Gasteiger partial charge < -0.3 is 9.84 Å². The van der Waals surface area contributed by atoms with Crippen molar-refractivity contribution >= 4 is 0 Å². The average molecular weight is 257 g/mol. The summed E-state index contributed by atoms with van der Waals surface area (Å²) in [5, 5.41) is 7.33. The molecule has 0 fully saturated rings. The molecule has 4 nitrogen and oxygen atoms in total. The number of nitrogens with one attached hydrogen (secondary N) is 1. The van der Waals surface area contributed by atoms with Crippen LogP contribution in [0.5, 0.6) is 0 Å². The molecule has 2 aromatic rings. The summed E-state index contributed by atoms with van der Waals surface area (Å²) in [6.45, 7) is 4.61. The number of rotatable bonds is 4. The first-order valence-corrected chi connectivity index (χ1v) is 6.86. The zero-order valence-corrected chi connectivity index (χ0v) is 11.4. The standard InChI is InChI=1S/C15H19N3O/c1-10(16-9-15-17-11(2)19-18-15)13-7-6-12-4-3-5-14(12)8-13/h6-8,10,16H,3-5,9H2,1-2H3. The molecule has 1 aliphatic rings. The van der Waals surface area contributed by atoms with Gasteiger partial charge in [0, 0.05) is 13.0 Å². The van der Waals surface area contributed by atoms with Crippen molar-refractivity contribution in [3.8, 4) is 0 Å². The highest BCUT2D eigenvalue weighted by Crippen LogP contribution is 2.25. The van der Waals surface area contributed by atoms with Gasteiger partial charge in [-0.05, 0) is 42.9 Å². The molecule has 1 atom stereocenters. The fourth-order valence-electron chi connectivity index (χ4n) is 2.64. The number of hydrogen-bond acceptors (Lipinski definition) is 4. The topological polar surface area (TPSA) is 51.0 Å². The summed E-state index contributed by atoms with van der Waals surface area (Å²) in [5.74, 6) is 1.33. The molecule has 0 aliphatic heterocycles. The monoisotopic (exact) mass is 257 g/mol. The lowest BCUT2D eigenvalue weighted by molar-refractivity contribution is 0.384. The summed E-state index contributed by atoms with van der Waals surface area (Å²) in [7, 11) is 0. The molecule has 19 heavy (non-hydrogen) atoms. The van der Waals surface area contributed by atoms with E-state index in [1.807, 2.05) is 0 Å². The summed E-state index contributed by atoms with van der Waals surface area (Å²) in [6.07, 6.45) is 3.75. The van der Waals surface area contributed by atoms with Crippen molar-refractivity contribution in [3.05, 3.63) is 46.6 Å². The van der Waals surface area contributed by atoms with Crippen LogP contribution in [0.2, 0.25) is 0 Å². The highest BCUT2D eigenvalue weighted by atomic mass is 16.5. The first kappa shape index (κ1) is 12.4. The van der Waals surface area contributed by atoms with Gasteiger partial charge in [0.2, 0.25) is 5.89 Å². The molecule has 0 saturated heterocycles. The number of benzene rings is 1. The Balaban J connectivity index is 1.65. The van der Waals surface area contributed by atoms with Crippen LogP contribution in [-0.2, 0) is 19.4 Å². The second-order valence-corrected chi connectivity index (χ2v) is 5.21. The first-order chi connectivity index (χ1) is 9.22. The van der Waals surface area contributed by atoms with Gasteiger partial charge in [-0.2, -0.15) is 4.98 Å². The normalized spacial score (nSPS) is 15.5. The van der Waals surface area contributed by atoms with Crippen LogP contribution in [-0.4, -0.2) is 10.1 Å². The molecule has 3 rings (SSSR count). The minimum Gasteiger partial charge on any atom is -0.340 e. The van der Waals surface area contributed by atoms with E-state index in [0.29, 0.717) is 24.3 Å². The Labute approximate surface area is 113 Å². The van der Waals surface area contributed by atoms with Gasteiger partial charge in [-0.25, -0.2) is 0 Å². The van der Waals surface area contributed by atoms with Crippen LogP contribution in [0.1, 0.15) is 47.8 Å². The Morgan fingerprint density at radius 3 is 2.95 bits per heavy atom. The Kier molecular flexibility index (Phi) is 3.34. The predicted molar refractivity (Wildman–Crippen MR) is 72.8 cm³/mol. The second kappa shape index (κ2) is 5.13. The Hall–Kier alpha value is -1.68. The largest absolute Gasteiger partial charge is 0.340 e. The van der Waals surface area contributed by atoms with E-state index in [0.717, 1.165) is 0 Å². The van der Waals surface area contributed by atoms with Crippen molar-refractivity contribution in [2.24, 2.45) is 0 Å². The summed E-state index contributed by atoms with van der Waals surface area (Å²) in [4.78, 5) is 4.19. The summed E-state index contributed by atoms with van der Waals surface area (Å²) in [5.41, 5.74) is 4.37. The van der Waals surface area contributed by atoms with E-state index >= 15 is 0 Å². The van der Waals surface area contributed by atoms with Crippen molar-refractivity contribution in [2.75, 3.05) is 0 Å². The van der Waals surface area contributed by atoms with E-state index in [1.165, 1.54) is 36.0 Å². The molecular formula is C15H19N3O. The van der Waals surface area contributed by atoms with Gasteiger partial charge in [0.15, 0.2) is 5.82 Å². The molecular weight excluding hydrogens is 238 g/mol. The van der Waals surface area contributed by atoms with Gasteiger partial charge in [0.05, 0.1) is 6.54 Å². The number of aryl methyl sites for hydroxylation is 3. The minimum atomic E-state index is 0.296. The van der Waals surface area contributed by atoms with Crippen molar-refractivity contribution in [1.82, 2.24) is 15.5 Å². The third-order valence-electron chi connectivity index (χ3n) is 3.76. The maximum atomic E-state index is 4.96. The van der Waals surface area contributed by atoms with Gasteiger partial charge in [-0.1, -0.05) is 23.4 Å². The van der Waals surface area contributed by atoms with Crippen LogP contribution in [0.25, 0.3) is 0 Å². The molecule has 0 spiro atoms. The fourth-order valence-corrected chi connectivity index (χ4v) is 2.64. The molecule has 0 amide bonds. The molecule has 4 heteroatoms. The highest BCUT2D eigenvalue weighted by Gasteiger charge is 2.13. The molecule has 1 aliphatic carbocycles. The maximum absolute atomic E-state index is 4.96. The molecule has 0 bridgehead atoms. The van der Waals surface area contributed by atoms with E-state index in [4.69, 9.17) is 4.52 Å². The zero-order chi connectivity index (χ0) is 13.2. The third-order valence-corrected chi connectivity index (χ3v) is 3.76. The fraction of sp³-hybridized carbons (Fsp3) is 0.467. The van der Waals surface area contributed by atoms with Gasteiger partial charge in [-0.15, -0.1) is 0 Å². The average Bonchev–Trinajstić information content (AvgIpc) is 3.03. The molecule has 1 heterocycles. The van der Waals surface area contributed by atoms with Crippen LogP contribution in [0, 0.1) is 6.92 Å². The molecule has 1 N–H and O–H groups in total. The molecule has 1 aromatic carbocycles. The van der Waals surface area contributed by atoms with Crippen molar-refractivity contribution < 1.29 is 4.52 Å². The van der Waals surface area contributed by atoms with E-state index in [1.54, 1.807) is 6.92 Å². The Bertz CT molecular complexity index is 577. The number of nitrogens with zero attached hydrogens (tertiary/aromatic N) is 2. The van der Waals surface area contributed by atoms with Gasteiger partial charge >= 0.3 is 0 Å². The van der Waals surface area contributed by atoms with Crippen LogP contribution in [0.15, 0.2) is 22.7 Å². The number of fused-ring (bicyclic) bond motifs is 1. The van der Waals surface area contributed by atoms with Crippen LogP contribution in [0.3, 0.4) is 0 Å². The van der Waals surface area contributed by atoms with Crippen molar-refractivity contribution in [3.63, 3.8) is 0 Å². The van der Waals surface area contributed by atoms with Gasteiger partial charge in [0.1, 0.15) is 0 Å². The highest BCUT2D eigenvalue weighted by molar-refractivity contribution is 5.36. The molecule has 0 saturated carbocycles. The zero-order valence-electron chi connectivity index (χ0n) is 11.4. The maximum Gasteiger partial charge on any atom is 0.223 e. The third kappa shape index (κ3) is 2.68. The van der Waals surface area contributed by atoms with E-state index in [2.05, 4.69) is 40.6 Å². The molecule has 100 valence electrons. The molecule has 1 unspecified atom stereocenters. The van der Waals surface area contributed by atoms with Crippen LogP contribution >= 0.6 is 0 Å². The summed E-state index contributed by atoms with van der Waals surface area (Å²) < 4.78 is 4.96. The van der Waals surface area contributed by atoms with Gasteiger partial charge in [-0.3, -0.25) is 0 Å². The summed E-state index contributed by atoms with van der Waals surface area (Å²) in [6, 6.07) is 7.13. The predicted octanol–water partition coefficient (Wildman–Crippen LogP) is 2.72. The Morgan fingerprint density at radius 2 is 2.16 bits per heavy atom. The smallest absolute Gasteiger partial charge is 0.223 e. The van der Waals surface area contributed by atoms with E-state index in [9.17, 15) is 0 Å². The van der Waals surface area contributed by atoms with Crippen LogP contribution in [0.4, 0.5) is 0 Å². The summed E-state index contributed by atoms with van der Waals surface area (Å²) >= 11 is 0. The first-order valence-electron chi connectivity index (χ1n) is 6.86. The quantitative estimate of drug-likeness (QED) is 0.915. The molecule has 0 radical (unpaired) electrons. The number of hydrogen-bond donors (Lipinski definition) is 1. The van der Waals surface area contributed by atoms with Crippen LogP contribution < -0.4 is 5.32 Å². The minimum absolute atomic E-state index is 0.296. The van der Waals surface area contributed by atoms with E-state index in [-0.39, 0.29) is 0 Å². The van der Waals surface area contributed by atoms with Gasteiger partial charge in [0.25, 0.3) is 0 Å². The lowest BCUT2D eigenvalue weighted by Crippen LogP contribution is -2.19. The lowest BCUT2D eigenvalue weighted by atomic mass is 10.0. The molecule has 1 aromatic heterocycles. The van der Waals surface area contributed by atoms with Crippen molar-refractivity contribution in [1.29, 1.82) is 0 Å². The van der Waals surface area contributed by atoms with E-state index < -0.39 is 0 Å². The lowest BCUT2D eigenvalue weighted by Gasteiger charge is -2.14. The second-order valence-electron chi connectivity index (χ2n) is 5.21. The number of aromatic nitrogens is 2. The van der Waals surface area contributed by atoms with Crippen molar-refractivity contribution in [2.45, 2.75) is 45.7 Å². The Morgan fingerprint density at radius 1 is 1.32 bits per heavy atom. The SMILES string of the molecule is Cc1nc(CNC(C)c2ccc3c(c2)CCC3)no1.